The first kappa shape index (κ1) is 9.89. The van der Waals surface area contributed by atoms with E-state index in [1.54, 1.807) is 0 Å². The fraction of sp³-hybridized carbons (Fsp3) is 0.643. The highest BCUT2D eigenvalue weighted by Gasteiger charge is 2.49. The van der Waals surface area contributed by atoms with Crippen molar-refractivity contribution in [2.24, 2.45) is 16.3 Å². The molecule has 1 aliphatic carbocycles. The van der Waals surface area contributed by atoms with E-state index >= 15 is 0 Å². The van der Waals surface area contributed by atoms with Crippen LogP contribution in [0.3, 0.4) is 0 Å². The molecule has 0 aromatic rings. The third-order valence-corrected chi connectivity index (χ3v) is 4.86. The van der Waals surface area contributed by atoms with E-state index < -0.39 is 0 Å². The summed E-state index contributed by atoms with van der Waals surface area (Å²) < 4.78 is 6.08. The topological polar surface area (TPSA) is 33.6 Å². The Hall–Kier alpha value is -1.09. The Labute approximate surface area is 102 Å². The zero-order chi connectivity index (χ0) is 11.3. The minimum Gasteiger partial charge on any atom is -0.496 e. The summed E-state index contributed by atoms with van der Waals surface area (Å²) in [5.41, 5.74) is 3.10. The molecule has 1 atom stereocenters. The Bertz CT molecular complexity index is 441. The first-order valence-corrected chi connectivity index (χ1v) is 6.66. The second-order valence-electron chi connectivity index (χ2n) is 5.67. The lowest BCUT2D eigenvalue weighted by molar-refractivity contribution is 0.123. The molecule has 17 heavy (non-hydrogen) atoms. The number of rotatable bonds is 0. The van der Waals surface area contributed by atoms with E-state index in [0.29, 0.717) is 11.3 Å². The Morgan fingerprint density at radius 2 is 2.24 bits per heavy atom. The van der Waals surface area contributed by atoms with Crippen molar-refractivity contribution in [1.82, 2.24) is 5.32 Å². The molecule has 4 rings (SSSR count). The maximum absolute atomic E-state index is 6.08. The Morgan fingerprint density at radius 1 is 1.35 bits per heavy atom. The molecule has 2 saturated heterocycles. The molecule has 3 heterocycles. The van der Waals surface area contributed by atoms with Crippen LogP contribution in [0, 0.1) is 11.3 Å². The molecule has 1 spiro atoms. The van der Waals surface area contributed by atoms with Gasteiger partial charge >= 0.3 is 0 Å². The quantitative estimate of drug-likeness (QED) is 0.687. The standard InChI is InChI=1S/C14H18N2O/c1-2-12-13(11-8-16-7-10(1)11)17-9-14(12)3-5-15-6-4-14/h1,8,12,15H,2-7,9H2. The van der Waals surface area contributed by atoms with Gasteiger partial charge in [0.25, 0.3) is 0 Å². The van der Waals surface area contributed by atoms with Crippen molar-refractivity contribution in [1.29, 1.82) is 0 Å². The highest BCUT2D eigenvalue weighted by Crippen LogP contribution is 2.52. The fourth-order valence-corrected chi connectivity index (χ4v) is 3.80. The predicted molar refractivity (Wildman–Crippen MR) is 67.1 cm³/mol. The number of nitrogens with zero attached hydrogens (tertiary/aromatic N) is 1. The summed E-state index contributed by atoms with van der Waals surface area (Å²) >= 11 is 0. The normalized spacial score (nSPS) is 33.4. The van der Waals surface area contributed by atoms with Crippen molar-refractivity contribution in [3.8, 4) is 0 Å². The molecule has 3 nitrogen and oxygen atoms in total. The van der Waals surface area contributed by atoms with Gasteiger partial charge in [-0.1, -0.05) is 6.08 Å². The molecular weight excluding hydrogens is 212 g/mol. The highest BCUT2D eigenvalue weighted by atomic mass is 16.5. The van der Waals surface area contributed by atoms with Gasteiger partial charge in [-0.15, -0.1) is 0 Å². The zero-order valence-corrected chi connectivity index (χ0v) is 10.0. The molecule has 4 aliphatic rings. The van der Waals surface area contributed by atoms with Crippen LogP contribution in [0.1, 0.15) is 19.3 Å². The van der Waals surface area contributed by atoms with Crippen LogP contribution in [-0.4, -0.2) is 32.5 Å². The second kappa shape index (κ2) is 3.45. The SMILES string of the molecule is C1=NCC2=CCC3C(=C12)OCC31CCNCC1. The minimum absolute atomic E-state index is 0.409. The molecule has 0 aromatic carbocycles. The third kappa shape index (κ3) is 1.29. The summed E-state index contributed by atoms with van der Waals surface area (Å²) in [6, 6.07) is 0. The predicted octanol–water partition coefficient (Wildman–Crippen LogP) is 1.67. The van der Waals surface area contributed by atoms with Crippen molar-refractivity contribution in [3.05, 3.63) is 23.0 Å². The number of hydrogen-bond donors (Lipinski definition) is 1. The van der Waals surface area contributed by atoms with Gasteiger partial charge in [0.2, 0.25) is 0 Å². The van der Waals surface area contributed by atoms with Crippen LogP contribution in [0.2, 0.25) is 0 Å². The van der Waals surface area contributed by atoms with Crippen molar-refractivity contribution >= 4 is 6.21 Å². The van der Waals surface area contributed by atoms with E-state index in [4.69, 9.17) is 4.74 Å². The molecule has 0 saturated carbocycles. The van der Waals surface area contributed by atoms with E-state index in [9.17, 15) is 0 Å². The maximum atomic E-state index is 6.08. The summed E-state index contributed by atoms with van der Waals surface area (Å²) in [7, 11) is 0. The van der Waals surface area contributed by atoms with Gasteiger partial charge in [-0.2, -0.15) is 0 Å². The molecule has 3 aliphatic heterocycles. The highest BCUT2D eigenvalue weighted by molar-refractivity contribution is 5.89. The maximum Gasteiger partial charge on any atom is 0.109 e. The number of nitrogens with one attached hydrogen (secondary N) is 1. The lowest BCUT2D eigenvalue weighted by atomic mass is 9.67. The molecule has 3 heteroatoms. The second-order valence-corrected chi connectivity index (χ2v) is 5.67. The van der Waals surface area contributed by atoms with Gasteiger partial charge < -0.3 is 10.1 Å². The molecule has 0 amide bonds. The average Bonchev–Trinajstić information content (AvgIpc) is 2.96. The number of aliphatic imine (C=N–C) groups is 1. The smallest absolute Gasteiger partial charge is 0.109 e. The van der Waals surface area contributed by atoms with E-state index in [0.717, 1.165) is 32.7 Å². The molecular formula is C14H18N2O. The van der Waals surface area contributed by atoms with Crippen LogP contribution in [0.15, 0.2) is 28.0 Å². The van der Waals surface area contributed by atoms with Crippen molar-refractivity contribution in [3.63, 3.8) is 0 Å². The van der Waals surface area contributed by atoms with Crippen molar-refractivity contribution < 1.29 is 4.74 Å². The van der Waals surface area contributed by atoms with E-state index in [1.165, 1.54) is 29.7 Å². The number of fused-ring (bicyclic) bond motifs is 3. The van der Waals surface area contributed by atoms with Crippen molar-refractivity contribution in [2.45, 2.75) is 19.3 Å². The monoisotopic (exact) mass is 230 g/mol. The van der Waals surface area contributed by atoms with Gasteiger partial charge in [0.05, 0.1) is 13.2 Å². The first-order chi connectivity index (χ1) is 8.39. The van der Waals surface area contributed by atoms with Crippen molar-refractivity contribution in [2.75, 3.05) is 26.2 Å². The van der Waals surface area contributed by atoms with Gasteiger partial charge in [-0.3, -0.25) is 4.99 Å². The molecule has 1 unspecified atom stereocenters. The number of piperidine rings is 1. The molecule has 0 bridgehead atoms. The van der Waals surface area contributed by atoms with Gasteiger partial charge in [0.15, 0.2) is 0 Å². The molecule has 0 aromatic heterocycles. The summed E-state index contributed by atoms with van der Waals surface area (Å²) in [5.74, 6) is 1.87. The van der Waals surface area contributed by atoms with Gasteiger partial charge in [-0.05, 0) is 37.9 Å². The van der Waals surface area contributed by atoms with E-state index in [-0.39, 0.29) is 0 Å². The van der Waals surface area contributed by atoms with E-state index in [1.807, 2.05) is 6.21 Å². The number of ether oxygens (including phenoxy) is 1. The summed E-state index contributed by atoms with van der Waals surface area (Å²) in [5, 5.41) is 3.46. The minimum atomic E-state index is 0.409. The third-order valence-electron chi connectivity index (χ3n) is 4.86. The summed E-state index contributed by atoms with van der Waals surface area (Å²) in [6.07, 6.45) is 8.10. The average molecular weight is 230 g/mol. The molecule has 2 fully saturated rings. The van der Waals surface area contributed by atoms with Gasteiger partial charge in [-0.25, -0.2) is 0 Å². The lowest BCUT2D eigenvalue weighted by Crippen LogP contribution is -2.41. The first-order valence-electron chi connectivity index (χ1n) is 6.66. The van der Waals surface area contributed by atoms with Crippen LogP contribution in [0.5, 0.6) is 0 Å². The molecule has 90 valence electrons. The lowest BCUT2D eigenvalue weighted by Gasteiger charge is -2.37. The van der Waals surface area contributed by atoms with Crippen LogP contribution < -0.4 is 5.32 Å². The Balaban J connectivity index is 1.73. The Kier molecular flexibility index (Phi) is 2.01. The van der Waals surface area contributed by atoms with Crippen LogP contribution >= 0.6 is 0 Å². The van der Waals surface area contributed by atoms with Gasteiger partial charge in [0.1, 0.15) is 5.76 Å². The summed E-state index contributed by atoms with van der Waals surface area (Å²) in [4.78, 5) is 4.38. The molecule has 0 radical (unpaired) electrons. The largest absolute Gasteiger partial charge is 0.496 e. The zero-order valence-electron chi connectivity index (χ0n) is 10.0. The van der Waals surface area contributed by atoms with Crippen LogP contribution in [0.25, 0.3) is 0 Å². The summed E-state index contributed by atoms with van der Waals surface area (Å²) in [6.45, 7) is 4.08. The van der Waals surface area contributed by atoms with Crippen LogP contribution in [-0.2, 0) is 4.74 Å². The molecule has 1 N–H and O–H groups in total. The van der Waals surface area contributed by atoms with Gasteiger partial charge in [0, 0.05) is 23.1 Å². The number of hydrogen-bond acceptors (Lipinski definition) is 3. The van der Waals surface area contributed by atoms with E-state index in [2.05, 4.69) is 16.4 Å². The Morgan fingerprint density at radius 3 is 3.12 bits per heavy atom. The fourth-order valence-electron chi connectivity index (χ4n) is 3.80. The number of allylic oxidation sites excluding steroid dienone is 2. The van der Waals surface area contributed by atoms with Crippen LogP contribution in [0.4, 0.5) is 0 Å².